The maximum atomic E-state index is 12.5. The standard InChI is InChI=1S/C32H43NO7/c1-33(32(40)20-23-14-18-27(35)30(38)19-23)31(39)12-8-3-2-7-11-25-26(29(37)21-28(25)36)17-16-24(34)15-13-22-9-5-4-6-10-22/h2,4-7,9-10,14,16-19,24-26,28-29,32,34-38,40H,3,8,11-13,15,20-21H2,1H3/b7-2-,17-16+/t24-,25+,26+,28-,29+,32?/m0/s1. The van der Waals surface area contributed by atoms with Crippen LogP contribution in [0.3, 0.4) is 0 Å². The number of aryl methyl sites for hydroxylation is 1. The van der Waals surface area contributed by atoms with Crippen molar-refractivity contribution in [2.75, 3.05) is 7.05 Å². The van der Waals surface area contributed by atoms with E-state index in [-0.39, 0.29) is 42.1 Å². The molecule has 1 saturated carbocycles. The number of carbonyl (C=O) groups excluding carboxylic acids is 1. The second-order valence-electron chi connectivity index (χ2n) is 10.7. The first-order valence-corrected chi connectivity index (χ1v) is 14.0. The molecule has 2 aromatic rings. The van der Waals surface area contributed by atoms with Gasteiger partial charge in [-0.05, 0) is 61.3 Å². The Kier molecular flexibility index (Phi) is 12.2. The summed E-state index contributed by atoms with van der Waals surface area (Å²) < 4.78 is 0. The molecular formula is C32H43NO7. The number of likely N-dealkylation sites (N-methyl/N-ethyl adjacent to an activating group) is 1. The molecule has 1 amide bonds. The number of phenolic OH excluding ortho intramolecular Hbond substituents is 2. The van der Waals surface area contributed by atoms with Gasteiger partial charge in [-0.1, -0.05) is 60.7 Å². The number of rotatable bonds is 14. The van der Waals surface area contributed by atoms with Crippen molar-refractivity contribution in [1.29, 1.82) is 0 Å². The Morgan fingerprint density at radius 2 is 1.75 bits per heavy atom. The number of hydrogen-bond donors (Lipinski definition) is 6. The molecule has 218 valence electrons. The molecule has 1 aliphatic carbocycles. The number of benzene rings is 2. The molecule has 1 aliphatic rings. The van der Waals surface area contributed by atoms with E-state index in [2.05, 4.69) is 0 Å². The fourth-order valence-electron chi connectivity index (χ4n) is 5.15. The van der Waals surface area contributed by atoms with Crippen molar-refractivity contribution >= 4 is 5.91 Å². The predicted molar refractivity (Wildman–Crippen MR) is 153 cm³/mol. The summed E-state index contributed by atoms with van der Waals surface area (Å²) in [6.07, 6.45) is 8.43. The van der Waals surface area contributed by atoms with E-state index in [1.54, 1.807) is 12.1 Å². The number of aliphatic hydroxyl groups is 4. The zero-order valence-corrected chi connectivity index (χ0v) is 23.1. The Morgan fingerprint density at radius 3 is 2.48 bits per heavy atom. The van der Waals surface area contributed by atoms with E-state index in [0.29, 0.717) is 37.7 Å². The highest BCUT2D eigenvalue weighted by atomic mass is 16.3. The molecule has 40 heavy (non-hydrogen) atoms. The minimum atomic E-state index is -1.05. The van der Waals surface area contributed by atoms with Gasteiger partial charge in [0.1, 0.15) is 6.23 Å². The molecule has 3 rings (SSSR count). The van der Waals surface area contributed by atoms with E-state index < -0.39 is 24.5 Å². The normalized spacial score (nSPS) is 22.6. The fourth-order valence-corrected chi connectivity index (χ4v) is 5.15. The molecule has 0 spiro atoms. The second-order valence-corrected chi connectivity index (χ2v) is 10.7. The van der Waals surface area contributed by atoms with Crippen LogP contribution in [0.4, 0.5) is 0 Å². The van der Waals surface area contributed by atoms with Gasteiger partial charge in [-0.25, -0.2) is 0 Å². The summed E-state index contributed by atoms with van der Waals surface area (Å²) in [4.78, 5) is 13.8. The first kappa shape index (κ1) is 31.4. The molecule has 0 aromatic heterocycles. The lowest BCUT2D eigenvalue weighted by Crippen LogP contribution is -2.38. The summed E-state index contributed by atoms with van der Waals surface area (Å²) in [5.74, 6) is -1.10. The van der Waals surface area contributed by atoms with Crippen LogP contribution in [0.5, 0.6) is 11.5 Å². The average Bonchev–Trinajstić information content (AvgIpc) is 3.21. The number of carbonyl (C=O) groups is 1. The van der Waals surface area contributed by atoms with Crippen molar-refractivity contribution in [3.63, 3.8) is 0 Å². The second kappa shape index (κ2) is 15.6. The molecule has 8 heteroatoms. The van der Waals surface area contributed by atoms with E-state index in [4.69, 9.17) is 0 Å². The third-order valence-electron chi connectivity index (χ3n) is 7.68. The van der Waals surface area contributed by atoms with Gasteiger partial charge in [0, 0.05) is 32.2 Å². The average molecular weight is 554 g/mol. The predicted octanol–water partition coefficient (Wildman–Crippen LogP) is 3.44. The summed E-state index contributed by atoms with van der Waals surface area (Å²) in [6, 6.07) is 14.2. The Morgan fingerprint density at radius 1 is 1.00 bits per heavy atom. The van der Waals surface area contributed by atoms with E-state index in [0.717, 1.165) is 12.0 Å². The van der Waals surface area contributed by atoms with Gasteiger partial charge < -0.3 is 35.5 Å². The molecule has 0 radical (unpaired) electrons. The maximum Gasteiger partial charge on any atom is 0.224 e. The van der Waals surface area contributed by atoms with Gasteiger partial charge in [0.25, 0.3) is 0 Å². The Labute approximate surface area is 236 Å². The number of phenols is 2. The molecule has 6 atom stereocenters. The van der Waals surface area contributed by atoms with Crippen molar-refractivity contribution in [1.82, 2.24) is 4.90 Å². The highest BCUT2D eigenvalue weighted by Crippen LogP contribution is 2.36. The van der Waals surface area contributed by atoms with Gasteiger partial charge in [-0.2, -0.15) is 0 Å². The van der Waals surface area contributed by atoms with Crippen LogP contribution < -0.4 is 0 Å². The molecule has 0 bridgehead atoms. The van der Waals surface area contributed by atoms with Crippen molar-refractivity contribution in [3.8, 4) is 11.5 Å². The monoisotopic (exact) mass is 553 g/mol. The minimum absolute atomic E-state index is 0.130. The van der Waals surface area contributed by atoms with Crippen molar-refractivity contribution in [2.24, 2.45) is 11.8 Å². The SMILES string of the molecule is CN(C(=O)CCC/C=C\C[C@@H]1[C@@H](/C=C/[C@@H](O)CCc2ccccc2)[C@H](O)C[C@@H]1O)C(O)Cc1ccc(O)c(O)c1. The highest BCUT2D eigenvalue weighted by molar-refractivity contribution is 5.76. The van der Waals surface area contributed by atoms with Crippen molar-refractivity contribution in [3.05, 3.63) is 84.0 Å². The fraction of sp³-hybridized carbons (Fsp3) is 0.469. The quantitative estimate of drug-likeness (QED) is 0.0911. The molecule has 1 unspecified atom stereocenters. The van der Waals surface area contributed by atoms with Crippen LogP contribution in [-0.2, 0) is 17.6 Å². The van der Waals surface area contributed by atoms with Crippen LogP contribution in [0.1, 0.15) is 49.7 Å². The first-order valence-electron chi connectivity index (χ1n) is 14.0. The lowest BCUT2D eigenvalue weighted by Gasteiger charge is -2.24. The molecule has 0 heterocycles. The zero-order valence-electron chi connectivity index (χ0n) is 23.1. The Bertz CT molecular complexity index is 1120. The molecule has 6 N–H and O–H groups in total. The number of aliphatic hydroxyl groups excluding tert-OH is 4. The molecule has 1 fully saturated rings. The van der Waals surface area contributed by atoms with Crippen LogP contribution in [0.25, 0.3) is 0 Å². The van der Waals surface area contributed by atoms with E-state index in [1.807, 2.05) is 48.6 Å². The van der Waals surface area contributed by atoms with Crippen molar-refractivity contribution < 1.29 is 35.4 Å². The Hall–Kier alpha value is -3.17. The van der Waals surface area contributed by atoms with E-state index in [1.165, 1.54) is 24.1 Å². The van der Waals surface area contributed by atoms with Gasteiger partial charge in [0.15, 0.2) is 11.5 Å². The maximum absolute atomic E-state index is 12.5. The third-order valence-corrected chi connectivity index (χ3v) is 7.68. The highest BCUT2D eigenvalue weighted by Gasteiger charge is 2.39. The molecule has 2 aromatic carbocycles. The number of allylic oxidation sites excluding steroid dienone is 2. The van der Waals surface area contributed by atoms with Gasteiger partial charge in [0.05, 0.1) is 18.3 Å². The number of amides is 1. The van der Waals surface area contributed by atoms with Gasteiger partial charge in [-0.15, -0.1) is 0 Å². The molecular weight excluding hydrogens is 510 g/mol. The number of hydrogen-bond acceptors (Lipinski definition) is 7. The lowest BCUT2D eigenvalue weighted by molar-refractivity contribution is -0.138. The minimum Gasteiger partial charge on any atom is -0.504 e. The topological polar surface area (TPSA) is 142 Å². The molecule has 0 aliphatic heterocycles. The first-order chi connectivity index (χ1) is 19.2. The largest absolute Gasteiger partial charge is 0.504 e. The van der Waals surface area contributed by atoms with E-state index in [9.17, 15) is 35.4 Å². The summed E-state index contributed by atoms with van der Waals surface area (Å²) in [7, 11) is 1.53. The van der Waals surface area contributed by atoms with Crippen LogP contribution >= 0.6 is 0 Å². The summed E-state index contributed by atoms with van der Waals surface area (Å²) in [5, 5.41) is 60.7. The molecule has 0 saturated heterocycles. The van der Waals surface area contributed by atoms with Gasteiger partial charge in [0.2, 0.25) is 5.91 Å². The number of nitrogens with zero attached hydrogens (tertiary/aromatic N) is 1. The zero-order chi connectivity index (χ0) is 29.1. The van der Waals surface area contributed by atoms with Crippen LogP contribution in [-0.4, -0.2) is 73.0 Å². The summed E-state index contributed by atoms with van der Waals surface area (Å²) in [5.41, 5.74) is 1.76. The Balaban J connectivity index is 1.39. The summed E-state index contributed by atoms with van der Waals surface area (Å²) in [6.45, 7) is 0. The van der Waals surface area contributed by atoms with Crippen LogP contribution in [0.2, 0.25) is 0 Å². The molecule has 8 nitrogen and oxygen atoms in total. The summed E-state index contributed by atoms with van der Waals surface area (Å²) >= 11 is 0. The number of aromatic hydroxyl groups is 2. The smallest absolute Gasteiger partial charge is 0.224 e. The lowest BCUT2D eigenvalue weighted by atomic mass is 9.89. The third kappa shape index (κ3) is 9.48. The number of unbranched alkanes of at least 4 members (excludes halogenated alkanes) is 1. The van der Waals surface area contributed by atoms with E-state index >= 15 is 0 Å². The van der Waals surface area contributed by atoms with Gasteiger partial charge in [-0.3, -0.25) is 4.79 Å². The van der Waals surface area contributed by atoms with Gasteiger partial charge >= 0.3 is 0 Å². The van der Waals surface area contributed by atoms with Crippen LogP contribution in [0, 0.1) is 11.8 Å². The van der Waals surface area contributed by atoms with Crippen LogP contribution in [0.15, 0.2) is 72.8 Å². The van der Waals surface area contributed by atoms with Crippen molar-refractivity contribution in [2.45, 2.75) is 75.9 Å².